The average molecular weight is 336 g/mol. The fraction of sp³-hybridized carbons (Fsp3) is 0.125. The van der Waals surface area contributed by atoms with Crippen LogP contribution >= 0.6 is 23.2 Å². The van der Waals surface area contributed by atoms with Gasteiger partial charge in [-0.3, -0.25) is 4.79 Å². The molecule has 1 aromatic heterocycles. The zero-order valence-electron chi connectivity index (χ0n) is 11.4. The van der Waals surface area contributed by atoms with E-state index in [1.165, 1.54) is 0 Å². The van der Waals surface area contributed by atoms with Crippen molar-refractivity contribution in [2.75, 3.05) is 0 Å². The molecule has 0 amide bonds. The summed E-state index contributed by atoms with van der Waals surface area (Å²) < 4.78 is 10.4. The van der Waals surface area contributed by atoms with E-state index in [0.717, 1.165) is 5.39 Å². The van der Waals surface area contributed by atoms with E-state index in [1.807, 2.05) is 18.2 Å². The fourth-order valence-electron chi connectivity index (χ4n) is 2.05. The Balaban J connectivity index is 1.65. The summed E-state index contributed by atoms with van der Waals surface area (Å²) in [4.78, 5) is 11.9. The molecule has 0 aliphatic carbocycles. The molecule has 112 valence electrons. The molecular weight excluding hydrogens is 325 g/mol. The first-order chi connectivity index (χ1) is 10.6. The van der Waals surface area contributed by atoms with Gasteiger partial charge in [-0.1, -0.05) is 46.6 Å². The predicted molar refractivity (Wildman–Crippen MR) is 84.0 cm³/mol. The molecule has 1 heterocycles. The third-order valence-corrected chi connectivity index (χ3v) is 3.75. The summed E-state index contributed by atoms with van der Waals surface area (Å²) in [5.41, 5.74) is 1.90. The van der Waals surface area contributed by atoms with Crippen LogP contribution in [0.25, 0.3) is 11.0 Å². The molecule has 0 fully saturated rings. The Morgan fingerprint density at radius 1 is 1.18 bits per heavy atom. The van der Waals surface area contributed by atoms with Crippen LogP contribution in [0, 0.1) is 0 Å². The van der Waals surface area contributed by atoms with E-state index in [4.69, 9.17) is 32.5 Å². The van der Waals surface area contributed by atoms with E-state index in [1.54, 1.807) is 24.3 Å². The van der Waals surface area contributed by atoms with Gasteiger partial charge in [0, 0.05) is 21.0 Å². The van der Waals surface area contributed by atoms with Crippen LogP contribution in [0.1, 0.15) is 11.3 Å². The van der Waals surface area contributed by atoms with Crippen molar-refractivity contribution in [3.8, 4) is 0 Å². The molecule has 0 aliphatic heterocycles. The summed E-state index contributed by atoms with van der Waals surface area (Å²) >= 11 is 11.8. The molecule has 0 atom stereocenters. The predicted octanol–water partition coefficient (Wildman–Crippen LogP) is 4.42. The Hall–Kier alpha value is -2.04. The summed E-state index contributed by atoms with van der Waals surface area (Å²) in [6.07, 6.45) is 0.0439. The first-order valence-electron chi connectivity index (χ1n) is 6.56. The number of halogens is 2. The Morgan fingerprint density at radius 3 is 2.82 bits per heavy atom. The summed E-state index contributed by atoms with van der Waals surface area (Å²) in [5.74, 6) is -0.398. The number of hydrogen-bond donors (Lipinski definition) is 0. The first kappa shape index (κ1) is 14.9. The van der Waals surface area contributed by atoms with Crippen molar-refractivity contribution in [2.24, 2.45) is 0 Å². The number of rotatable bonds is 4. The highest BCUT2D eigenvalue weighted by Gasteiger charge is 2.13. The van der Waals surface area contributed by atoms with Crippen molar-refractivity contribution in [3.05, 3.63) is 63.8 Å². The van der Waals surface area contributed by atoms with Crippen LogP contribution < -0.4 is 0 Å². The lowest BCUT2D eigenvalue weighted by Gasteiger charge is -2.06. The number of carbonyl (C=O) groups is 1. The van der Waals surface area contributed by atoms with Crippen molar-refractivity contribution in [2.45, 2.75) is 13.0 Å². The fourth-order valence-corrected chi connectivity index (χ4v) is 2.51. The largest absolute Gasteiger partial charge is 0.460 e. The molecule has 2 aromatic carbocycles. The normalized spacial score (nSPS) is 10.8. The third kappa shape index (κ3) is 3.24. The van der Waals surface area contributed by atoms with Crippen LogP contribution in [0.5, 0.6) is 0 Å². The number of aromatic nitrogens is 1. The minimum Gasteiger partial charge on any atom is -0.460 e. The Labute approximate surface area is 136 Å². The van der Waals surface area contributed by atoms with E-state index < -0.39 is 5.97 Å². The van der Waals surface area contributed by atoms with Gasteiger partial charge in [-0.25, -0.2) is 0 Å². The maximum absolute atomic E-state index is 11.9. The molecule has 0 N–H and O–H groups in total. The monoisotopic (exact) mass is 335 g/mol. The number of carbonyl (C=O) groups excluding carboxylic acids is 1. The molecule has 0 radical (unpaired) electrons. The third-order valence-electron chi connectivity index (χ3n) is 3.17. The molecule has 3 rings (SSSR count). The zero-order valence-corrected chi connectivity index (χ0v) is 12.9. The quantitative estimate of drug-likeness (QED) is 0.662. The van der Waals surface area contributed by atoms with Crippen molar-refractivity contribution in [3.63, 3.8) is 0 Å². The van der Waals surface area contributed by atoms with Gasteiger partial charge in [0.1, 0.15) is 12.3 Å². The highest BCUT2D eigenvalue weighted by Crippen LogP contribution is 2.22. The van der Waals surface area contributed by atoms with Crippen LogP contribution in [-0.2, 0) is 22.6 Å². The van der Waals surface area contributed by atoms with Crippen molar-refractivity contribution in [1.29, 1.82) is 0 Å². The SMILES string of the molecule is O=C(Cc1noc2ccccc12)OCc1ccc(Cl)cc1Cl. The summed E-state index contributed by atoms with van der Waals surface area (Å²) in [5, 5.41) is 5.71. The van der Waals surface area contributed by atoms with Gasteiger partial charge in [0.2, 0.25) is 0 Å². The first-order valence-corrected chi connectivity index (χ1v) is 7.32. The topological polar surface area (TPSA) is 52.3 Å². The van der Waals surface area contributed by atoms with Gasteiger partial charge >= 0.3 is 5.97 Å². The lowest BCUT2D eigenvalue weighted by molar-refractivity contribution is -0.144. The maximum atomic E-state index is 11.9. The van der Waals surface area contributed by atoms with Gasteiger partial charge in [0.05, 0.1) is 6.42 Å². The number of nitrogens with zero attached hydrogens (tertiary/aromatic N) is 1. The smallest absolute Gasteiger partial charge is 0.312 e. The number of esters is 1. The summed E-state index contributed by atoms with van der Waals surface area (Å²) in [6.45, 7) is 0.0879. The Morgan fingerprint density at radius 2 is 2.00 bits per heavy atom. The van der Waals surface area contributed by atoms with Crippen molar-refractivity contribution in [1.82, 2.24) is 5.16 Å². The second-order valence-corrected chi connectivity index (χ2v) is 5.54. The molecule has 0 unspecified atom stereocenters. The number of benzene rings is 2. The van der Waals surface area contributed by atoms with Gasteiger partial charge in [-0.2, -0.15) is 0 Å². The molecule has 0 bridgehead atoms. The van der Waals surface area contributed by atoms with Gasteiger partial charge in [0.25, 0.3) is 0 Å². The molecular formula is C16H11Cl2NO3. The molecule has 0 spiro atoms. The lowest BCUT2D eigenvalue weighted by atomic mass is 10.2. The minimum atomic E-state index is -0.398. The molecule has 0 aliphatic rings. The van der Waals surface area contributed by atoms with Gasteiger partial charge in [-0.15, -0.1) is 0 Å². The second kappa shape index (κ2) is 6.38. The second-order valence-electron chi connectivity index (χ2n) is 4.70. The average Bonchev–Trinajstić information content (AvgIpc) is 2.90. The van der Waals surface area contributed by atoms with Crippen LogP contribution in [0.15, 0.2) is 47.0 Å². The van der Waals surface area contributed by atoms with E-state index in [2.05, 4.69) is 5.16 Å². The summed E-state index contributed by atoms with van der Waals surface area (Å²) in [7, 11) is 0. The Bertz CT molecular complexity index is 829. The number of para-hydroxylation sites is 1. The van der Waals surface area contributed by atoms with Crippen LogP contribution in [0.4, 0.5) is 0 Å². The highest BCUT2D eigenvalue weighted by molar-refractivity contribution is 6.35. The van der Waals surface area contributed by atoms with Crippen LogP contribution in [0.3, 0.4) is 0 Å². The maximum Gasteiger partial charge on any atom is 0.312 e. The minimum absolute atomic E-state index is 0.0439. The molecule has 0 saturated carbocycles. The standard InChI is InChI=1S/C16H11Cl2NO3/c17-11-6-5-10(13(18)7-11)9-21-16(20)8-14-12-3-1-2-4-15(12)22-19-14/h1-7H,8-9H2. The molecule has 0 saturated heterocycles. The number of ether oxygens (including phenoxy) is 1. The van der Waals surface area contributed by atoms with E-state index >= 15 is 0 Å². The van der Waals surface area contributed by atoms with E-state index in [0.29, 0.717) is 26.9 Å². The Kier molecular flexibility index (Phi) is 4.32. The number of hydrogen-bond acceptors (Lipinski definition) is 4. The summed E-state index contributed by atoms with van der Waals surface area (Å²) in [6, 6.07) is 12.4. The molecule has 4 nitrogen and oxygen atoms in total. The van der Waals surface area contributed by atoms with E-state index in [-0.39, 0.29) is 13.0 Å². The van der Waals surface area contributed by atoms with E-state index in [9.17, 15) is 4.79 Å². The highest BCUT2D eigenvalue weighted by atomic mass is 35.5. The van der Waals surface area contributed by atoms with Crippen LogP contribution in [-0.4, -0.2) is 11.1 Å². The van der Waals surface area contributed by atoms with Gasteiger partial charge in [-0.05, 0) is 24.3 Å². The molecule has 6 heteroatoms. The lowest BCUT2D eigenvalue weighted by Crippen LogP contribution is -2.08. The van der Waals surface area contributed by atoms with Gasteiger partial charge in [0.15, 0.2) is 5.58 Å². The molecule has 3 aromatic rings. The van der Waals surface area contributed by atoms with Crippen molar-refractivity contribution < 1.29 is 14.1 Å². The van der Waals surface area contributed by atoms with Gasteiger partial charge < -0.3 is 9.26 Å². The zero-order chi connectivity index (χ0) is 15.5. The molecule has 22 heavy (non-hydrogen) atoms. The van der Waals surface area contributed by atoms with Crippen molar-refractivity contribution >= 4 is 40.1 Å². The van der Waals surface area contributed by atoms with Crippen LogP contribution in [0.2, 0.25) is 10.0 Å². The number of fused-ring (bicyclic) bond motifs is 1.